The van der Waals surface area contributed by atoms with Crippen molar-refractivity contribution in [1.82, 2.24) is 4.98 Å². The summed E-state index contributed by atoms with van der Waals surface area (Å²) in [4.78, 5) is 4.51. The molecule has 0 spiro atoms. The fraction of sp³-hybridized carbons (Fsp3) is 0.364. The zero-order chi connectivity index (χ0) is 10.3. The molecule has 14 heavy (non-hydrogen) atoms. The molecule has 74 valence electrons. The molecular weight excluding hydrogens is 258 g/mol. The number of fused-ring (bicyclic) bond motifs is 1. The second kappa shape index (κ2) is 3.31. The third-order valence-corrected chi connectivity index (χ3v) is 3.67. The van der Waals surface area contributed by atoms with E-state index >= 15 is 0 Å². The van der Waals surface area contributed by atoms with Gasteiger partial charge in [-0.15, -0.1) is 11.3 Å². The first-order valence-electron chi connectivity index (χ1n) is 4.54. The van der Waals surface area contributed by atoms with Crippen LogP contribution in [-0.4, -0.2) is 4.98 Å². The average Bonchev–Trinajstić information content (AvgIpc) is 2.41. The van der Waals surface area contributed by atoms with Crippen LogP contribution in [0.2, 0.25) is 0 Å². The van der Waals surface area contributed by atoms with E-state index in [0.29, 0.717) is 0 Å². The maximum Gasteiger partial charge on any atom is 0.160 e. The van der Waals surface area contributed by atoms with E-state index in [-0.39, 0.29) is 5.41 Å². The van der Waals surface area contributed by atoms with E-state index < -0.39 is 0 Å². The lowest BCUT2D eigenvalue weighted by atomic mass is 9.86. The number of hydrogen-bond acceptors (Lipinski definition) is 2. The molecule has 1 aromatic heterocycles. The van der Waals surface area contributed by atoms with Crippen molar-refractivity contribution in [3.05, 3.63) is 27.7 Å². The van der Waals surface area contributed by atoms with E-state index in [4.69, 9.17) is 0 Å². The highest BCUT2D eigenvalue weighted by Gasteiger charge is 2.18. The third kappa shape index (κ3) is 1.71. The van der Waals surface area contributed by atoms with Crippen molar-refractivity contribution in [3.63, 3.8) is 0 Å². The lowest BCUT2D eigenvalue weighted by Crippen LogP contribution is -2.11. The maximum atomic E-state index is 4.51. The van der Waals surface area contributed by atoms with Crippen molar-refractivity contribution in [1.29, 1.82) is 0 Å². The summed E-state index contributed by atoms with van der Waals surface area (Å²) in [5.41, 5.74) is 2.61. The number of nitrogens with zero attached hydrogens (tertiary/aromatic N) is 1. The minimum Gasteiger partial charge on any atom is -0.229 e. The summed E-state index contributed by atoms with van der Waals surface area (Å²) in [5.74, 6) is 0. The molecular formula is C11H12BrNS. The van der Waals surface area contributed by atoms with Gasteiger partial charge >= 0.3 is 0 Å². The van der Waals surface area contributed by atoms with Gasteiger partial charge in [-0.3, -0.25) is 0 Å². The van der Waals surface area contributed by atoms with Gasteiger partial charge in [0.15, 0.2) is 3.92 Å². The molecule has 1 heterocycles. The van der Waals surface area contributed by atoms with Crippen LogP contribution in [-0.2, 0) is 5.41 Å². The zero-order valence-corrected chi connectivity index (χ0v) is 10.9. The number of thiazole rings is 1. The number of halogens is 1. The Labute approximate surface area is 96.3 Å². The van der Waals surface area contributed by atoms with Crippen molar-refractivity contribution in [2.24, 2.45) is 0 Å². The molecule has 3 heteroatoms. The first kappa shape index (κ1) is 10.1. The van der Waals surface area contributed by atoms with Gasteiger partial charge in [0.2, 0.25) is 0 Å². The zero-order valence-electron chi connectivity index (χ0n) is 8.47. The second-order valence-corrected chi connectivity index (χ2v) is 6.68. The summed E-state index contributed by atoms with van der Waals surface area (Å²) in [6.07, 6.45) is 0. The van der Waals surface area contributed by atoms with Crippen LogP contribution in [0.4, 0.5) is 0 Å². The Morgan fingerprint density at radius 2 is 2.00 bits per heavy atom. The summed E-state index contributed by atoms with van der Waals surface area (Å²) < 4.78 is 2.22. The van der Waals surface area contributed by atoms with Gasteiger partial charge in [-0.1, -0.05) is 32.9 Å². The molecule has 0 aliphatic heterocycles. The van der Waals surface area contributed by atoms with E-state index in [0.717, 1.165) is 9.43 Å². The van der Waals surface area contributed by atoms with Gasteiger partial charge in [-0.05, 0) is 33.0 Å². The molecule has 0 atom stereocenters. The fourth-order valence-corrected chi connectivity index (χ4v) is 2.94. The van der Waals surface area contributed by atoms with Crippen molar-refractivity contribution < 1.29 is 0 Å². The first-order chi connectivity index (χ1) is 6.48. The van der Waals surface area contributed by atoms with Crippen LogP contribution in [0.25, 0.3) is 10.2 Å². The Morgan fingerprint density at radius 1 is 1.29 bits per heavy atom. The number of hydrogen-bond donors (Lipinski definition) is 0. The van der Waals surface area contributed by atoms with Crippen molar-refractivity contribution >= 4 is 37.5 Å². The third-order valence-electron chi connectivity index (χ3n) is 2.20. The Balaban J connectivity index is 2.77. The Morgan fingerprint density at radius 3 is 2.64 bits per heavy atom. The van der Waals surface area contributed by atoms with Gasteiger partial charge in [0.1, 0.15) is 0 Å². The largest absolute Gasteiger partial charge is 0.229 e. The summed E-state index contributed by atoms with van der Waals surface area (Å²) in [5, 5.41) is 0. The van der Waals surface area contributed by atoms with E-state index in [1.54, 1.807) is 11.3 Å². The molecule has 0 saturated carbocycles. The minimum atomic E-state index is 0.160. The lowest BCUT2D eigenvalue weighted by Gasteiger charge is -2.19. The summed E-state index contributed by atoms with van der Waals surface area (Å²) in [7, 11) is 0. The topological polar surface area (TPSA) is 12.9 Å². The number of para-hydroxylation sites is 1. The molecule has 1 nitrogen and oxygen atoms in total. The van der Waals surface area contributed by atoms with Crippen molar-refractivity contribution in [3.8, 4) is 0 Å². The number of benzene rings is 1. The number of rotatable bonds is 0. The van der Waals surface area contributed by atoms with Crippen molar-refractivity contribution in [2.75, 3.05) is 0 Å². The average molecular weight is 270 g/mol. The normalized spacial score (nSPS) is 12.3. The molecule has 0 amide bonds. The fourth-order valence-electron chi connectivity index (χ4n) is 1.53. The van der Waals surface area contributed by atoms with Crippen molar-refractivity contribution in [2.45, 2.75) is 26.2 Å². The molecule has 0 bridgehead atoms. The Hall–Kier alpha value is -0.410. The molecule has 2 rings (SSSR count). The smallest absolute Gasteiger partial charge is 0.160 e. The summed E-state index contributed by atoms with van der Waals surface area (Å²) >= 11 is 5.12. The monoisotopic (exact) mass is 269 g/mol. The lowest BCUT2D eigenvalue weighted by molar-refractivity contribution is 0.595. The molecule has 0 N–H and O–H groups in total. The molecule has 0 unspecified atom stereocenters. The highest BCUT2D eigenvalue weighted by molar-refractivity contribution is 9.11. The first-order valence-corrected chi connectivity index (χ1v) is 6.15. The van der Waals surface area contributed by atoms with E-state index in [1.807, 2.05) is 0 Å². The highest BCUT2D eigenvalue weighted by atomic mass is 79.9. The van der Waals surface area contributed by atoms with Gasteiger partial charge in [0.25, 0.3) is 0 Å². The van der Waals surface area contributed by atoms with Crippen LogP contribution >= 0.6 is 27.3 Å². The molecule has 2 aromatic rings. The van der Waals surface area contributed by atoms with Crippen LogP contribution < -0.4 is 0 Å². The van der Waals surface area contributed by atoms with Gasteiger partial charge in [0, 0.05) is 0 Å². The Bertz CT molecular complexity index is 468. The quantitative estimate of drug-likeness (QED) is 0.693. The van der Waals surface area contributed by atoms with E-state index in [1.165, 1.54) is 10.3 Å². The SMILES string of the molecule is CC(C)(C)c1cccc2sc(Br)nc12. The number of aromatic nitrogens is 1. The molecule has 0 aliphatic rings. The Kier molecular flexibility index (Phi) is 2.40. The maximum absolute atomic E-state index is 4.51. The van der Waals surface area contributed by atoms with Crippen LogP contribution in [0, 0.1) is 0 Å². The summed E-state index contributed by atoms with van der Waals surface area (Å²) in [6, 6.07) is 6.38. The summed E-state index contributed by atoms with van der Waals surface area (Å²) in [6.45, 7) is 6.65. The molecule has 1 aromatic carbocycles. The molecule has 0 fully saturated rings. The predicted molar refractivity (Wildman–Crippen MR) is 66.0 cm³/mol. The van der Waals surface area contributed by atoms with Gasteiger partial charge < -0.3 is 0 Å². The van der Waals surface area contributed by atoms with Gasteiger partial charge in [-0.2, -0.15) is 0 Å². The molecule has 0 aliphatic carbocycles. The van der Waals surface area contributed by atoms with Crippen LogP contribution in [0.1, 0.15) is 26.3 Å². The van der Waals surface area contributed by atoms with Crippen LogP contribution in [0.15, 0.2) is 22.1 Å². The second-order valence-electron chi connectivity index (χ2n) is 4.37. The highest BCUT2D eigenvalue weighted by Crippen LogP contribution is 2.33. The standard InChI is InChI=1S/C11H12BrNS/c1-11(2,3)7-5-4-6-8-9(7)13-10(12)14-8/h4-6H,1-3H3. The van der Waals surface area contributed by atoms with Gasteiger partial charge in [0.05, 0.1) is 10.2 Å². The minimum absolute atomic E-state index is 0.160. The van der Waals surface area contributed by atoms with E-state index in [9.17, 15) is 0 Å². The predicted octanol–water partition coefficient (Wildman–Crippen LogP) is 4.36. The van der Waals surface area contributed by atoms with Crippen LogP contribution in [0.3, 0.4) is 0 Å². The van der Waals surface area contributed by atoms with Gasteiger partial charge in [-0.25, -0.2) is 4.98 Å². The van der Waals surface area contributed by atoms with E-state index in [2.05, 4.69) is 59.9 Å². The molecule has 0 radical (unpaired) electrons. The van der Waals surface area contributed by atoms with Crippen LogP contribution in [0.5, 0.6) is 0 Å². The molecule has 0 saturated heterocycles.